The predicted octanol–water partition coefficient (Wildman–Crippen LogP) is 5.77. The second-order valence-electron chi connectivity index (χ2n) is 4.84. The molecule has 0 nitrogen and oxygen atoms in total. The van der Waals surface area contributed by atoms with Gasteiger partial charge in [0.15, 0.2) is 0 Å². The van der Waals surface area contributed by atoms with E-state index in [0.29, 0.717) is 5.41 Å². The van der Waals surface area contributed by atoms with Crippen molar-refractivity contribution in [2.24, 2.45) is 5.41 Å². The lowest BCUT2D eigenvalue weighted by Gasteiger charge is -2.40. The van der Waals surface area contributed by atoms with E-state index >= 15 is 0 Å². The first-order valence-electron chi connectivity index (χ1n) is 7.05. The molecule has 0 unspecified atom stereocenters. The molecular formula is C15H31. The van der Waals surface area contributed by atoms with Crippen LogP contribution >= 0.6 is 0 Å². The fourth-order valence-electron chi connectivity index (χ4n) is 3.16. The summed E-state index contributed by atoms with van der Waals surface area (Å²) in [6.45, 7) is 11.7. The Balaban J connectivity index is 4.65. The van der Waals surface area contributed by atoms with Crippen molar-refractivity contribution in [3.8, 4) is 0 Å². The first-order valence-corrected chi connectivity index (χ1v) is 7.05. The molecule has 0 N–H and O–H groups in total. The van der Waals surface area contributed by atoms with Gasteiger partial charge >= 0.3 is 0 Å². The van der Waals surface area contributed by atoms with E-state index in [1.165, 1.54) is 51.4 Å². The van der Waals surface area contributed by atoms with Crippen molar-refractivity contribution in [2.45, 2.75) is 86.0 Å². The highest BCUT2D eigenvalue weighted by Crippen LogP contribution is 2.46. The van der Waals surface area contributed by atoms with Crippen molar-refractivity contribution in [3.63, 3.8) is 0 Å². The Bertz CT molecular complexity index is 131. The van der Waals surface area contributed by atoms with Crippen LogP contribution in [0.15, 0.2) is 0 Å². The summed E-state index contributed by atoms with van der Waals surface area (Å²) in [5, 5.41) is 0. The Morgan fingerprint density at radius 1 is 0.800 bits per heavy atom. The zero-order chi connectivity index (χ0) is 11.7. The standard InChI is InChI=1S/C15H31/c1-6-11-14(9-4)15(10-5,12-7-2)13-8-3/h6-13H2,1-5H3. The molecule has 1 radical (unpaired) electrons. The maximum Gasteiger partial charge on any atom is -0.0182 e. The number of hydrogen-bond acceptors (Lipinski definition) is 0. The van der Waals surface area contributed by atoms with Crippen LogP contribution in [0.5, 0.6) is 0 Å². The predicted molar refractivity (Wildman–Crippen MR) is 71.0 cm³/mol. The minimum atomic E-state index is 0.578. The first-order chi connectivity index (χ1) is 7.20. The SMILES string of the molecule is CCC[C](CC)C(CC)(CCC)CCC. The van der Waals surface area contributed by atoms with E-state index in [0.717, 1.165) is 0 Å². The van der Waals surface area contributed by atoms with Crippen LogP contribution in [-0.2, 0) is 0 Å². The van der Waals surface area contributed by atoms with Gasteiger partial charge in [-0.2, -0.15) is 0 Å². The Morgan fingerprint density at radius 2 is 1.33 bits per heavy atom. The summed E-state index contributed by atoms with van der Waals surface area (Å²) < 4.78 is 0. The molecule has 15 heavy (non-hydrogen) atoms. The van der Waals surface area contributed by atoms with Gasteiger partial charge in [-0.25, -0.2) is 0 Å². The van der Waals surface area contributed by atoms with E-state index in [2.05, 4.69) is 34.6 Å². The lowest BCUT2D eigenvalue weighted by Crippen LogP contribution is -2.28. The summed E-state index contributed by atoms with van der Waals surface area (Å²) >= 11 is 0. The summed E-state index contributed by atoms with van der Waals surface area (Å²) in [6, 6.07) is 0. The van der Waals surface area contributed by atoms with Gasteiger partial charge in [-0.05, 0) is 43.4 Å². The summed E-state index contributed by atoms with van der Waals surface area (Å²) in [5.41, 5.74) is 0.578. The second-order valence-corrected chi connectivity index (χ2v) is 4.84. The summed E-state index contributed by atoms with van der Waals surface area (Å²) in [4.78, 5) is 0. The van der Waals surface area contributed by atoms with Crippen molar-refractivity contribution in [1.82, 2.24) is 0 Å². The molecule has 0 saturated heterocycles. The normalized spacial score (nSPS) is 12.4. The smallest absolute Gasteiger partial charge is 0.0182 e. The van der Waals surface area contributed by atoms with Gasteiger partial charge in [0.05, 0.1) is 0 Å². The Morgan fingerprint density at radius 3 is 1.60 bits per heavy atom. The quantitative estimate of drug-likeness (QED) is 0.454. The van der Waals surface area contributed by atoms with E-state index in [9.17, 15) is 0 Å². The molecule has 0 bridgehead atoms. The summed E-state index contributed by atoms with van der Waals surface area (Å²) in [6.07, 6.45) is 10.8. The van der Waals surface area contributed by atoms with E-state index in [1.54, 1.807) is 0 Å². The molecule has 0 aromatic carbocycles. The van der Waals surface area contributed by atoms with Gasteiger partial charge in [0.1, 0.15) is 0 Å². The van der Waals surface area contributed by atoms with Crippen LogP contribution < -0.4 is 0 Å². The first kappa shape index (κ1) is 15.0. The molecule has 0 heterocycles. The average Bonchev–Trinajstić information content (AvgIpc) is 2.25. The monoisotopic (exact) mass is 211 g/mol. The van der Waals surface area contributed by atoms with Gasteiger partial charge in [0.25, 0.3) is 0 Å². The van der Waals surface area contributed by atoms with Crippen molar-refractivity contribution in [1.29, 1.82) is 0 Å². The highest BCUT2D eigenvalue weighted by molar-refractivity contribution is 5.05. The maximum atomic E-state index is 2.39. The lowest BCUT2D eigenvalue weighted by molar-refractivity contribution is 0.221. The Kier molecular flexibility index (Phi) is 8.19. The van der Waals surface area contributed by atoms with Crippen LogP contribution in [-0.4, -0.2) is 0 Å². The molecule has 0 aliphatic rings. The molecule has 91 valence electrons. The Labute approximate surface area is 97.8 Å². The van der Waals surface area contributed by atoms with Crippen LogP contribution in [0.25, 0.3) is 0 Å². The van der Waals surface area contributed by atoms with Crippen LogP contribution in [0.3, 0.4) is 0 Å². The van der Waals surface area contributed by atoms with Gasteiger partial charge in [-0.1, -0.05) is 53.9 Å². The van der Waals surface area contributed by atoms with Gasteiger partial charge in [0, 0.05) is 0 Å². The number of hydrogen-bond donors (Lipinski definition) is 0. The van der Waals surface area contributed by atoms with Crippen molar-refractivity contribution < 1.29 is 0 Å². The van der Waals surface area contributed by atoms with Gasteiger partial charge in [-0.3, -0.25) is 0 Å². The van der Waals surface area contributed by atoms with Crippen LogP contribution in [0, 0.1) is 11.3 Å². The maximum absolute atomic E-state index is 2.39. The molecule has 0 heteroatoms. The van der Waals surface area contributed by atoms with Crippen molar-refractivity contribution in [3.05, 3.63) is 5.92 Å². The third kappa shape index (κ3) is 4.17. The fraction of sp³-hybridized carbons (Fsp3) is 0.933. The van der Waals surface area contributed by atoms with Crippen LogP contribution in [0.4, 0.5) is 0 Å². The molecular weight excluding hydrogens is 180 g/mol. The topological polar surface area (TPSA) is 0 Å². The summed E-state index contributed by atoms with van der Waals surface area (Å²) in [5.74, 6) is 1.84. The third-order valence-corrected chi connectivity index (χ3v) is 3.86. The molecule has 0 aliphatic heterocycles. The highest BCUT2D eigenvalue weighted by Gasteiger charge is 2.33. The molecule has 0 aromatic heterocycles. The van der Waals surface area contributed by atoms with Crippen molar-refractivity contribution >= 4 is 0 Å². The van der Waals surface area contributed by atoms with E-state index in [1.807, 2.05) is 5.92 Å². The van der Waals surface area contributed by atoms with Gasteiger partial charge < -0.3 is 0 Å². The molecule has 0 saturated carbocycles. The molecule has 0 atom stereocenters. The minimum Gasteiger partial charge on any atom is -0.0654 e. The van der Waals surface area contributed by atoms with Crippen LogP contribution in [0.1, 0.15) is 86.0 Å². The second kappa shape index (κ2) is 8.19. The van der Waals surface area contributed by atoms with Crippen molar-refractivity contribution in [2.75, 3.05) is 0 Å². The van der Waals surface area contributed by atoms with Gasteiger partial charge in [-0.15, -0.1) is 0 Å². The molecule has 0 fully saturated rings. The average molecular weight is 211 g/mol. The third-order valence-electron chi connectivity index (χ3n) is 3.86. The molecule has 0 aliphatic carbocycles. The molecule has 0 amide bonds. The largest absolute Gasteiger partial charge is 0.0654 e. The molecule has 0 spiro atoms. The highest BCUT2D eigenvalue weighted by atomic mass is 14.4. The minimum absolute atomic E-state index is 0.578. The molecule has 0 rings (SSSR count). The van der Waals surface area contributed by atoms with E-state index in [-0.39, 0.29) is 0 Å². The zero-order valence-electron chi connectivity index (χ0n) is 11.7. The van der Waals surface area contributed by atoms with Gasteiger partial charge in [0.2, 0.25) is 0 Å². The summed E-state index contributed by atoms with van der Waals surface area (Å²) in [7, 11) is 0. The zero-order valence-corrected chi connectivity index (χ0v) is 11.7. The number of rotatable bonds is 9. The lowest BCUT2D eigenvalue weighted by atomic mass is 9.65. The van der Waals surface area contributed by atoms with E-state index in [4.69, 9.17) is 0 Å². The van der Waals surface area contributed by atoms with E-state index < -0.39 is 0 Å². The Hall–Kier alpha value is 0. The fourth-order valence-corrected chi connectivity index (χ4v) is 3.16. The van der Waals surface area contributed by atoms with Crippen LogP contribution in [0.2, 0.25) is 0 Å². The molecule has 0 aromatic rings.